The highest BCUT2D eigenvalue weighted by atomic mass is 79.9. The molecule has 0 saturated heterocycles. The smallest absolute Gasteiger partial charge is 0.333 e. The first-order chi connectivity index (χ1) is 13.2. The summed E-state index contributed by atoms with van der Waals surface area (Å²) in [6.45, 7) is 0.765. The van der Waals surface area contributed by atoms with Gasteiger partial charge in [0.15, 0.2) is 5.69 Å². The monoisotopic (exact) mass is 454 g/mol. The number of aryl methyl sites for hydroxylation is 2. The predicted molar refractivity (Wildman–Crippen MR) is 97.2 cm³/mol. The molecule has 1 aromatic carbocycles. The lowest BCUT2D eigenvalue weighted by molar-refractivity contribution is -0.140. The van der Waals surface area contributed by atoms with Crippen molar-refractivity contribution in [2.45, 2.75) is 25.7 Å². The van der Waals surface area contributed by atoms with Crippen molar-refractivity contribution in [2.24, 2.45) is 7.05 Å². The molecule has 0 atom stereocenters. The lowest BCUT2D eigenvalue weighted by Gasteiger charge is -2.26. The Kier molecular flexibility index (Phi) is 4.48. The van der Waals surface area contributed by atoms with E-state index >= 15 is 0 Å². The van der Waals surface area contributed by atoms with Crippen LogP contribution in [-0.2, 0) is 31.1 Å². The van der Waals surface area contributed by atoms with Gasteiger partial charge in [0.05, 0.1) is 13.1 Å². The van der Waals surface area contributed by atoms with Crippen molar-refractivity contribution in [1.82, 2.24) is 24.3 Å². The maximum Gasteiger partial charge on any atom is 0.434 e. The highest BCUT2D eigenvalue weighted by Gasteiger charge is 2.34. The van der Waals surface area contributed by atoms with E-state index < -0.39 is 11.9 Å². The van der Waals surface area contributed by atoms with Crippen LogP contribution in [0.1, 0.15) is 17.7 Å². The number of hydrogen-bond acceptors (Lipinski definition) is 4. The van der Waals surface area contributed by atoms with Crippen LogP contribution < -0.4 is 4.90 Å². The predicted octanol–water partition coefficient (Wildman–Crippen LogP) is 3.40. The summed E-state index contributed by atoms with van der Waals surface area (Å²) in [7, 11) is 1.52. The lowest BCUT2D eigenvalue weighted by atomic mass is 10.1. The summed E-state index contributed by atoms with van der Waals surface area (Å²) in [6, 6.07) is 6.89. The van der Waals surface area contributed by atoms with Gasteiger partial charge in [-0.1, -0.05) is 24.3 Å². The first kappa shape index (κ1) is 18.7. The maximum absolute atomic E-state index is 12.9. The minimum atomic E-state index is -4.49. The SMILES string of the molecule is Cn1cc(C(F)(F)F)nc1-c1ccc(CN2C(=O)CCn3nc(Br)nc32)cc1. The van der Waals surface area contributed by atoms with Gasteiger partial charge in [-0.2, -0.15) is 18.2 Å². The van der Waals surface area contributed by atoms with Crippen LogP contribution in [0.2, 0.25) is 0 Å². The highest BCUT2D eigenvalue weighted by molar-refractivity contribution is 9.10. The third-order valence-corrected chi connectivity index (χ3v) is 4.76. The van der Waals surface area contributed by atoms with Crippen LogP contribution in [0.15, 0.2) is 35.2 Å². The average molecular weight is 455 g/mol. The van der Waals surface area contributed by atoms with Crippen LogP contribution >= 0.6 is 15.9 Å². The Balaban J connectivity index is 1.58. The Morgan fingerprint density at radius 1 is 1.18 bits per heavy atom. The standard InChI is InChI=1S/C17H14BrF3N6O/c1-25-9-12(17(19,20)21)22-14(25)11-4-2-10(3-5-11)8-26-13(28)6-7-27-16(26)23-15(18)24-27/h2-5,9H,6-8H2,1H3. The Hall–Kier alpha value is -2.69. The average Bonchev–Trinajstić information content (AvgIpc) is 3.20. The first-order valence-corrected chi connectivity index (χ1v) is 9.12. The molecule has 2 aromatic heterocycles. The number of carbonyl (C=O) groups is 1. The van der Waals surface area contributed by atoms with Gasteiger partial charge in [0.2, 0.25) is 16.6 Å². The second-order valence-corrected chi connectivity index (χ2v) is 7.10. The van der Waals surface area contributed by atoms with Gasteiger partial charge < -0.3 is 4.57 Å². The Morgan fingerprint density at radius 2 is 1.89 bits per heavy atom. The van der Waals surface area contributed by atoms with Crippen LogP contribution in [0.3, 0.4) is 0 Å². The molecule has 1 aliphatic rings. The molecule has 0 fully saturated rings. The molecule has 7 nitrogen and oxygen atoms in total. The van der Waals surface area contributed by atoms with Gasteiger partial charge in [0, 0.05) is 25.2 Å². The summed E-state index contributed by atoms with van der Waals surface area (Å²) in [6.07, 6.45) is -3.20. The van der Waals surface area contributed by atoms with Crippen molar-refractivity contribution < 1.29 is 18.0 Å². The van der Waals surface area contributed by atoms with Crippen molar-refractivity contribution >= 4 is 27.8 Å². The van der Waals surface area contributed by atoms with Crippen molar-refractivity contribution in [3.63, 3.8) is 0 Å². The molecule has 0 unspecified atom stereocenters. The normalized spacial score (nSPS) is 14.5. The maximum atomic E-state index is 12.9. The van der Waals surface area contributed by atoms with Gasteiger partial charge in [-0.25, -0.2) is 9.67 Å². The van der Waals surface area contributed by atoms with Crippen LogP contribution in [0.25, 0.3) is 11.4 Å². The molecule has 146 valence electrons. The fourth-order valence-electron chi connectivity index (χ4n) is 3.08. The Labute approximate surface area is 165 Å². The van der Waals surface area contributed by atoms with Crippen LogP contribution in [0.5, 0.6) is 0 Å². The molecule has 0 spiro atoms. The number of carbonyl (C=O) groups excluding carboxylic acids is 1. The second-order valence-electron chi connectivity index (χ2n) is 6.39. The number of fused-ring (bicyclic) bond motifs is 1. The zero-order valence-electron chi connectivity index (χ0n) is 14.6. The summed E-state index contributed by atoms with van der Waals surface area (Å²) in [5, 5.41) is 4.19. The van der Waals surface area contributed by atoms with E-state index in [0.717, 1.165) is 11.8 Å². The zero-order chi connectivity index (χ0) is 20.1. The Morgan fingerprint density at radius 3 is 2.54 bits per heavy atom. The molecule has 0 radical (unpaired) electrons. The van der Waals surface area contributed by atoms with E-state index in [4.69, 9.17) is 0 Å². The number of halogens is 4. The highest BCUT2D eigenvalue weighted by Crippen LogP contribution is 2.31. The molecule has 0 aliphatic carbocycles. The number of imidazole rings is 1. The van der Waals surface area contributed by atoms with Gasteiger partial charge in [-0.15, -0.1) is 5.10 Å². The van der Waals surface area contributed by atoms with E-state index in [1.165, 1.54) is 11.6 Å². The minimum absolute atomic E-state index is 0.0598. The van der Waals surface area contributed by atoms with Crippen molar-refractivity contribution in [2.75, 3.05) is 4.90 Å². The third-order valence-electron chi connectivity index (χ3n) is 4.43. The number of nitrogens with zero attached hydrogens (tertiary/aromatic N) is 6. The van der Waals surface area contributed by atoms with Crippen LogP contribution in [0, 0.1) is 0 Å². The van der Waals surface area contributed by atoms with Gasteiger partial charge in [0.1, 0.15) is 5.82 Å². The number of rotatable bonds is 3. The largest absolute Gasteiger partial charge is 0.434 e. The van der Waals surface area contributed by atoms with Crippen molar-refractivity contribution in [1.29, 1.82) is 0 Å². The third kappa shape index (κ3) is 3.41. The van der Waals surface area contributed by atoms with Gasteiger partial charge >= 0.3 is 6.18 Å². The van der Waals surface area contributed by atoms with Crippen molar-refractivity contribution in [3.05, 3.63) is 46.5 Å². The van der Waals surface area contributed by atoms with E-state index in [-0.39, 0.29) is 11.7 Å². The van der Waals surface area contributed by atoms with E-state index in [9.17, 15) is 18.0 Å². The van der Waals surface area contributed by atoms with E-state index in [1.54, 1.807) is 33.8 Å². The van der Waals surface area contributed by atoms with E-state index in [0.29, 0.717) is 35.8 Å². The molecule has 3 aromatic rings. The molecule has 28 heavy (non-hydrogen) atoms. The van der Waals surface area contributed by atoms with Gasteiger partial charge in [-0.3, -0.25) is 9.69 Å². The topological polar surface area (TPSA) is 68.8 Å². The number of benzene rings is 1. The number of anilines is 1. The molecule has 3 heterocycles. The lowest BCUT2D eigenvalue weighted by Crippen LogP contribution is -2.37. The van der Waals surface area contributed by atoms with Crippen molar-refractivity contribution in [3.8, 4) is 11.4 Å². The second kappa shape index (κ2) is 6.73. The molecule has 0 saturated carbocycles. The van der Waals surface area contributed by atoms with Crippen LogP contribution in [0.4, 0.5) is 19.1 Å². The molecule has 4 rings (SSSR count). The fraction of sp³-hybridized carbons (Fsp3) is 0.294. The summed E-state index contributed by atoms with van der Waals surface area (Å²) in [5.74, 6) is 0.623. The Bertz CT molecular complexity index is 1040. The summed E-state index contributed by atoms with van der Waals surface area (Å²) in [5.41, 5.74) is 0.436. The van der Waals surface area contributed by atoms with Crippen LogP contribution in [-0.4, -0.2) is 30.2 Å². The molecule has 1 aliphatic heterocycles. The molecular weight excluding hydrogens is 441 g/mol. The molecule has 0 bridgehead atoms. The van der Waals surface area contributed by atoms with E-state index in [2.05, 4.69) is 31.0 Å². The summed E-state index contributed by atoms with van der Waals surface area (Å²) < 4.78 is 42.0. The molecular formula is C17H14BrF3N6O. The molecule has 11 heteroatoms. The number of aromatic nitrogens is 5. The zero-order valence-corrected chi connectivity index (χ0v) is 16.2. The fourth-order valence-corrected chi connectivity index (χ4v) is 3.43. The number of amides is 1. The molecule has 1 amide bonds. The molecule has 0 N–H and O–H groups in total. The van der Waals surface area contributed by atoms with Gasteiger partial charge in [0.25, 0.3) is 0 Å². The van der Waals surface area contributed by atoms with E-state index in [1.807, 2.05) is 0 Å². The summed E-state index contributed by atoms with van der Waals surface area (Å²) in [4.78, 5) is 21.8. The first-order valence-electron chi connectivity index (χ1n) is 8.33. The quantitative estimate of drug-likeness (QED) is 0.608. The number of alkyl halides is 3. The summed E-state index contributed by atoms with van der Waals surface area (Å²) >= 11 is 3.21. The minimum Gasteiger partial charge on any atom is -0.333 e. The van der Waals surface area contributed by atoms with Gasteiger partial charge in [-0.05, 0) is 21.5 Å². The number of hydrogen-bond donors (Lipinski definition) is 0.